The molecule has 1 aliphatic rings. The first-order valence-corrected chi connectivity index (χ1v) is 17.6. The quantitative estimate of drug-likeness (QED) is 0.134. The minimum atomic E-state index is -0.799. The van der Waals surface area contributed by atoms with E-state index in [9.17, 15) is 19.5 Å². The van der Waals surface area contributed by atoms with Crippen LogP contribution < -0.4 is 16.4 Å². The molecule has 1 fully saturated rings. The third kappa shape index (κ3) is 14.0. The van der Waals surface area contributed by atoms with Crippen LogP contribution in [-0.2, 0) is 20.9 Å². The lowest BCUT2D eigenvalue weighted by atomic mass is 9.85. The van der Waals surface area contributed by atoms with E-state index in [2.05, 4.69) is 15.6 Å². The molecule has 0 bridgehead atoms. The number of hydrogen-bond acceptors (Lipinski definition) is 7. The second-order valence-electron chi connectivity index (χ2n) is 13.5. The summed E-state index contributed by atoms with van der Waals surface area (Å²) >= 11 is 1.59. The highest BCUT2D eigenvalue weighted by atomic mass is 35.5. The molecule has 1 aromatic carbocycles. The Balaban J connectivity index is 0.00000552. The van der Waals surface area contributed by atoms with Crippen LogP contribution in [0.25, 0.3) is 10.4 Å². The molecular weight excluding hydrogens is 657 g/mol. The van der Waals surface area contributed by atoms with Crippen LogP contribution in [0.4, 0.5) is 0 Å². The van der Waals surface area contributed by atoms with Crippen molar-refractivity contribution in [2.45, 2.75) is 129 Å². The van der Waals surface area contributed by atoms with Crippen LogP contribution in [0.2, 0.25) is 0 Å². The molecule has 5 N–H and O–H groups in total. The number of aliphatic hydroxyl groups excluding tert-OH is 1. The molecule has 0 aliphatic carbocycles. The second-order valence-corrected chi connectivity index (χ2v) is 14.4. The summed E-state index contributed by atoms with van der Waals surface area (Å²) < 4.78 is 0. The maximum atomic E-state index is 13.8. The highest BCUT2D eigenvalue weighted by Crippen LogP contribution is 2.28. The molecule has 1 aromatic heterocycles. The number of nitrogens with zero attached hydrogens (tertiary/aromatic N) is 2. The first-order valence-electron chi connectivity index (χ1n) is 16.8. The summed E-state index contributed by atoms with van der Waals surface area (Å²) in [4.78, 5) is 46.9. The highest BCUT2D eigenvalue weighted by molar-refractivity contribution is 7.13. The number of aryl methyl sites for hydroxylation is 1. The molecule has 1 aliphatic heterocycles. The number of thiazole rings is 1. The number of aromatic nitrogens is 1. The number of benzene rings is 1. The molecule has 1 saturated heterocycles. The van der Waals surface area contributed by atoms with Gasteiger partial charge in [-0.1, -0.05) is 96.4 Å². The van der Waals surface area contributed by atoms with Gasteiger partial charge >= 0.3 is 0 Å². The fourth-order valence-corrected chi connectivity index (χ4v) is 6.67. The zero-order valence-electron chi connectivity index (χ0n) is 28.6. The smallest absolute Gasteiger partial charge is 0.246 e. The van der Waals surface area contributed by atoms with Gasteiger partial charge in [-0.3, -0.25) is 14.4 Å². The van der Waals surface area contributed by atoms with Crippen LogP contribution in [0, 0.1) is 12.3 Å². The fourth-order valence-electron chi connectivity index (χ4n) is 5.86. The number of likely N-dealkylation sites (tertiary alicyclic amines) is 1. The van der Waals surface area contributed by atoms with Crippen molar-refractivity contribution in [1.29, 1.82) is 0 Å². The first-order chi connectivity index (χ1) is 21.5. The van der Waals surface area contributed by atoms with E-state index < -0.39 is 23.6 Å². The number of nitrogens with two attached hydrogens (primary N) is 1. The van der Waals surface area contributed by atoms with E-state index in [4.69, 9.17) is 5.73 Å². The number of hydrogen-bond donors (Lipinski definition) is 4. The van der Waals surface area contributed by atoms with Crippen molar-refractivity contribution < 1.29 is 19.5 Å². The molecular formula is C35H57Cl2N5O4S. The van der Waals surface area contributed by atoms with Crippen molar-refractivity contribution in [3.8, 4) is 10.4 Å². The molecule has 12 heteroatoms. The standard InChI is InChI=1S/C35H55N5O4S.2ClH/c1-25-31(45-24-38-25)27-18-16-26(17-19-27)22-37-33(43)29-21-28(41)23-40(29)34(44)32(35(2,3)4)39-30(42)15-13-11-9-7-5-6-8-10-12-14-20-36;;/h16-19,24,28-29,32,41H,5-15,20-23,36H2,1-4H3,(H,37,43)(H,39,42);2*1H/t28-,29+,32-;;/m1../s1. The number of carbonyl (C=O) groups excluding carboxylic acids is 3. The Labute approximate surface area is 298 Å². The van der Waals surface area contributed by atoms with Gasteiger partial charge in [0.15, 0.2) is 0 Å². The minimum Gasteiger partial charge on any atom is -0.391 e. The van der Waals surface area contributed by atoms with Gasteiger partial charge in [-0.05, 0) is 42.9 Å². The third-order valence-electron chi connectivity index (χ3n) is 8.57. The third-order valence-corrected chi connectivity index (χ3v) is 9.55. The molecule has 266 valence electrons. The molecule has 0 saturated carbocycles. The number of β-amino-alcohol motifs (C(OH)–C–C–N with tert-alkyl or cyclic N) is 1. The van der Waals surface area contributed by atoms with Crippen LogP contribution in [0.15, 0.2) is 29.8 Å². The van der Waals surface area contributed by atoms with Crippen LogP contribution in [-0.4, -0.2) is 64.0 Å². The Kier molecular flexibility index (Phi) is 19.7. The minimum absolute atomic E-state index is 0. The molecule has 47 heavy (non-hydrogen) atoms. The summed E-state index contributed by atoms with van der Waals surface area (Å²) in [6, 6.07) is 6.38. The largest absolute Gasteiger partial charge is 0.391 e. The lowest BCUT2D eigenvalue weighted by Crippen LogP contribution is -2.57. The zero-order valence-corrected chi connectivity index (χ0v) is 31.0. The summed E-state index contributed by atoms with van der Waals surface area (Å²) in [5, 5.41) is 16.4. The van der Waals surface area contributed by atoms with Gasteiger partial charge in [0, 0.05) is 25.9 Å². The first kappa shape index (κ1) is 42.8. The van der Waals surface area contributed by atoms with Gasteiger partial charge in [0.2, 0.25) is 17.7 Å². The van der Waals surface area contributed by atoms with Crippen molar-refractivity contribution >= 4 is 53.9 Å². The topological polar surface area (TPSA) is 138 Å². The van der Waals surface area contributed by atoms with E-state index in [1.54, 1.807) is 11.3 Å². The molecule has 0 unspecified atom stereocenters. The Bertz CT molecular complexity index is 1220. The van der Waals surface area contributed by atoms with Crippen LogP contribution in [0.5, 0.6) is 0 Å². The lowest BCUT2D eigenvalue weighted by molar-refractivity contribution is -0.144. The van der Waals surface area contributed by atoms with Gasteiger partial charge in [-0.15, -0.1) is 36.2 Å². The maximum absolute atomic E-state index is 13.8. The van der Waals surface area contributed by atoms with Gasteiger partial charge in [0.25, 0.3) is 0 Å². The van der Waals surface area contributed by atoms with Crippen molar-refractivity contribution in [3.05, 3.63) is 41.0 Å². The van der Waals surface area contributed by atoms with E-state index in [0.29, 0.717) is 13.0 Å². The van der Waals surface area contributed by atoms with Crippen LogP contribution in [0.3, 0.4) is 0 Å². The van der Waals surface area contributed by atoms with E-state index in [1.165, 1.54) is 43.4 Å². The Morgan fingerprint density at radius 1 is 0.979 bits per heavy atom. The Morgan fingerprint density at radius 3 is 2.09 bits per heavy atom. The van der Waals surface area contributed by atoms with E-state index in [0.717, 1.165) is 53.9 Å². The lowest BCUT2D eigenvalue weighted by Gasteiger charge is -2.35. The van der Waals surface area contributed by atoms with Crippen molar-refractivity contribution in [1.82, 2.24) is 20.5 Å². The molecule has 3 rings (SSSR count). The van der Waals surface area contributed by atoms with Crippen molar-refractivity contribution in [3.63, 3.8) is 0 Å². The van der Waals surface area contributed by atoms with E-state index in [1.807, 2.05) is 57.5 Å². The normalized spacial score (nSPS) is 16.6. The molecule has 9 nitrogen and oxygen atoms in total. The number of halogens is 2. The molecule has 3 amide bonds. The molecule has 0 radical (unpaired) electrons. The predicted octanol–water partition coefficient (Wildman–Crippen LogP) is 6.32. The summed E-state index contributed by atoms with van der Waals surface area (Å²) in [6.45, 7) is 8.86. The van der Waals surface area contributed by atoms with Crippen molar-refractivity contribution in [2.24, 2.45) is 11.1 Å². The zero-order chi connectivity index (χ0) is 32.8. The van der Waals surface area contributed by atoms with Crippen molar-refractivity contribution in [2.75, 3.05) is 13.1 Å². The summed E-state index contributed by atoms with van der Waals surface area (Å²) in [6.07, 6.45) is 11.1. The molecule has 3 atom stereocenters. The number of amides is 3. The molecule has 2 aromatic rings. The summed E-state index contributed by atoms with van der Waals surface area (Å²) in [5.41, 5.74) is 9.81. The molecule has 2 heterocycles. The Morgan fingerprint density at radius 2 is 1.55 bits per heavy atom. The number of carbonyl (C=O) groups is 3. The van der Waals surface area contributed by atoms with Gasteiger partial charge < -0.3 is 26.4 Å². The van der Waals surface area contributed by atoms with E-state index in [-0.39, 0.29) is 55.5 Å². The monoisotopic (exact) mass is 713 g/mol. The van der Waals surface area contributed by atoms with Crippen LogP contribution >= 0.6 is 36.2 Å². The SMILES string of the molecule is Cc1ncsc1-c1ccc(CNC(=O)[C@@H]2C[C@@H](O)CN2C(=O)[C@@H](NC(=O)CCCCCCCCCCCCN)C(C)(C)C)cc1.Cl.Cl. The number of unbranched alkanes of at least 4 members (excludes halogenated alkanes) is 9. The number of nitrogens with one attached hydrogen (secondary N) is 2. The molecule has 0 spiro atoms. The maximum Gasteiger partial charge on any atom is 0.246 e. The van der Waals surface area contributed by atoms with Gasteiger partial charge in [0.1, 0.15) is 12.1 Å². The van der Waals surface area contributed by atoms with Crippen LogP contribution in [0.1, 0.15) is 109 Å². The second kappa shape index (κ2) is 21.7. The summed E-state index contributed by atoms with van der Waals surface area (Å²) in [7, 11) is 0. The van der Waals surface area contributed by atoms with E-state index >= 15 is 0 Å². The van der Waals surface area contributed by atoms with Gasteiger partial charge in [-0.25, -0.2) is 4.98 Å². The average molecular weight is 715 g/mol. The average Bonchev–Trinajstić information content (AvgIpc) is 3.62. The Hall–Kier alpha value is -2.24. The highest BCUT2D eigenvalue weighted by Gasteiger charge is 2.44. The predicted molar refractivity (Wildman–Crippen MR) is 196 cm³/mol. The fraction of sp³-hybridized carbons (Fsp3) is 0.657. The number of rotatable bonds is 18. The summed E-state index contributed by atoms with van der Waals surface area (Å²) in [5.74, 6) is -0.791. The van der Waals surface area contributed by atoms with Gasteiger partial charge in [-0.2, -0.15) is 0 Å². The van der Waals surface area contributed by atoms with Gasteiger partial charge in [0.05, 0.1) is 22.2 Å². The number of aliphatic hydroxyl groups is 1.